The van der Waals surface area contributed by atoms with Crippen molar-refractivity contribution in [2.24, 2.45) is 5.92 Å². The molecule has 2 saturated carbocycles. The normalized spacial score (nSPS) is 28.0. The summed E-state index contributed by atoms with van der Waals surface area (Å²) in [4.78, 5) is 0. The molecule has 0 aliphatic heterocycles. The summed E-state index contributed by atoms with van der Waals surface area (Å²) >= 11 is 0. The molecule has 0 heterocycles. The highest BCUT2D eigenvalue weighted by Gasteiger charge is 2.29. The Bertz CT molecular complexity index is 361. The molecule has 104 valence electrons. The van der Waals surface area contributed by atoms with Crippen LogP contribution in [0.2, 0.25) is 0 Å². The maximum Gasteiger partial charge on any atom is 0.00787 e. The lowest BCUT2D eigenvalue weighted by Gasteiger charge is -2.37. The van der Waals surface area contributed by atoms with Gasteiger partial charge in [0.25, 0.3) is 0 Å². The quantitative estimate of drug-likeness (QED) is 0.819. The summed E-state index contributed by atoms with van der Waals surface area (Å²) in [5.41, 5.74) is 1.54. The van der Waals surface area contributed by atoms with Crippen molar-refractivity contribution in [1.29, 1.82) is 0 Å². The van der Waals surface area contributed by atoms with Gasteiger partial charge in [-0.2, -0.15) is 0 Å². The summed E-state index contributed by atoms with van der Waals surface area (Å²) in [5.74, 6) is 1.83. The standard InChI is InChI=1S/C18H27N/c1-3-7-15(8-4-1)11-12-19-18-13-17(14-18)16-9-5-2-6-10-16/h2,5-6,9-10,15,17-19H,1,3-4,7-8,11-14H2. The number of hydrogen-bond acceptors (Lipinski definition) is 1. The summed E-state index contributed by atoms with van der Waals surface area (Å²) in [5, 5.41) is 3.77. The summed E-state index contributed by atoms with van der Waals surface area (Å²) < 4.78 is 0. The molecule has 0 bridgehead atoms. The molecule has 1 N–H and O–H groups in total. The lowest BCUT2D eigenvalue weighted by molar-refractivity contribution is 0.270. The fourth-order valence-electron chi connectivity index (χ4n) is 3.75. The molecule has 0 amide bonds. The SMILES string of the molecule is c1ccc(C2CC(NCCC3CCCCC3)C2)cc1. The molecule has 1 heteroatoms. The Morgan fingerprint density at radius 1 is 0.947 bits per heavy atom. The lowest BCUT2D eigenvalue weighted by Crippen LogP contribution is -2.40. The highest BCUT2D eigenvalue weighted by molar-refractivity contribution is 5.22. The molecule has 0 unspecified atom stereocenters. The van der Waals surface area contributed by atoms with E-state index in [1.165, 1.54) is 63.5 Å². The zero-order valence-corrected chi connectivity index (χ0v) is 12.0. The lowest BCUT2D eigenvalue weighted by atomic mass is 9.76. The van der Waals surface area contributed by atoms with Crippen LogP contribution in [0.4, 0.5) is 0 Å². The molecule has 0 atom stereocenters. The highest BCUT2D eigenvalue weighted by Crippen LogP contribution is 2.36. The van der Waals surface area contributed by atoms with Gasteiger partial charge in [-0.1, -0.05) is 62.4 Å². The van der Waals surface area contributed by atoms with E-state index in [0.717, 1.165) is 17.9 Å². The van der Waals surface area contributed by atoms with E-state index in [-0.39, 0.29) is 0 Å². The van der Waals surface area contributed by atoms with Crippen LogP contribution in [0.25, 0.3) is 0 Å². The van der Waals surface area contributed by atoms with Crippen molar-refractivity contribution >= 4 is 0 Å². The van der Waals surface area contributed by atoms with Crippen LogP contribution in [0, 0.1) is 5.92 Å². The molecule has 2 fully saturated rings. The number of rotatable bonds is 5. The minimum atomic E-state index is 0.786. The third-order valence-corrected chi connectivity index (χ3v) is 5.12. The van der Waals surface area contributed by atoms with E-state index < -0.39 is 0 Å². The van der Waals surface area contributed by atoms with Gasteiger partial charge in [0.2, 0.25) is 0 Å². The second kappa shape index (κ2) is 6.56. The van der Waals surface area contributed by atoms with Gasteiger partial charge in [-0.15, -0.1) is 0 Å². The van der Waals surface area contributed by atoms with Gasteiger partial charge >= 0.3 is 0 Å². The Morgan fingerprint density at radius 2 is 1.68 bits per heavy atom. The third-order valence-electron chi connectivity index (χ3n) is 5.12. The van der Waals surface area contributed by atoms with E-state index in [9.17, 15) is 0 Å². The maximum absolute atomic E-state index is 3.77. The predicted molar refractivity (Wildman–Crippen MR) is 81.4 cm³/mol. The average Bonchev–Trinajstić information content (AvgIpc) is 2.43. The van der Waals surface area contributed by atoms with Crippen molar-refractivity contribution < 1.29 is 0 Å². The molecule has 2 aliphatic rings. The molecule has 1 aromatic carbocycles. The van der Waals surface area contributed by atoms with Crippen molar-refractivity contribution in [3.63, 3.8) is 0 Å². The van der Waals surface area contributed by atoms with Crippen molar-refractivity contribution in [3.05, 3.63) is 35.9 Å². The van der Waals surface area contributed by atoms with Crippen LogP contribution >= 0.6 is 0 Å². The summed E-state index contributed by atoms with van der Waals surface area (Å²) in [7, 11) is 0. The van der Waals surface area contributed by atoms with Crippen molar-refractivity contribution in [2.75, 3.05) is 6.54 Å². The van der Waals surface area contributed by atoms with Crippen LogP contribution in [0.3, 0.4) is 0 Å². The molecule has 1 aromatic rings. The zero-order valence-electron chi connectivity index (χ0n) is 12.0. The van der Waals surface area contributed by atoms with Gasteiger partial charge in [0.1, 0.15) is 0 Å². The third kappa shape index (κ3) is 3.60. The van der Waals surface area contributed by atoms with E-state index in [1.807, 2.05) is 0 Å². The molecule has 0 saturated heterocycles. The van der Waals surface area contributed by atoms with E-state index >= 15 is 0 Å². The second-order valence-corrected chi connectivity index (χ2v) is 6.52. The van der Waals surface area contributed by atoms with Gasteiger partial charge in [0.05, 0.1) is 0 Å². The Morgan fingerprint density at radius 3 is 2.42 bits per heavy atom. The number of nitrogens with one attached hydrogen (secondary N) is 1. The van der Waals surface area contributed by atoms with Crippen molar-refractivity contribution in [1.82, 2.24) is 5.32 Å². The van der Waals surface area contributed by atoms with Gasteiger partial charge in [0, 0.05) is 6.04 Å². The first-order valence-corrected chi connectivity index (χ1v) is 8.20. The van der Waals surface area contributed by atoms with Crippen LogP contribution in [0.1, 0.15) is 62.8 Å². The monoisotopic (exact) mass is 257 g/mol. The number of benzene rings is 1. The van der Waals surface area contributed by atoms with Gasteiger partial charge in [-0.25, -0.2) is 0 Å². The van der Waals surface area contributed by atoms with Gasteiger partial charge in [0.15, 0.2) is 0 Å². The van der Waals surface area contributed by atoms with Crippen LogP contribution in [0.15, 0.2) is 30.3 Å². The highest BCUT2D eigenvalue weighted by atomic mass is 14.9. The van der Waals surface area contributed by atoms with Gasteiger partial charge < -0.3 is 5.32 Å². The minimum absolute atomic E-state index is 0.786. The molecule has 19 heavy (non-hydrogen) atoms. The summed E-state index contributed by atoms with van der Waals surface area (Å²) in [6.45, 7) is 1.25. The second-order valence-electron chi connectivity index (χ2n) is 6.52. The fourth-order valence-corrected chi connectivity index (χ4v) is 3.75. The van der Waals surface area contributed by atoms with Crippen molar-refractivity contribution in [3.8, 4) is 0 Å². The fraction of sp³-hybridized carbons (Fsp3) is 0.667. The zero-order chi connectivity index (χ0) is 12.9. The smallest absolute Gasteiger partial charge is 0.00787 e. The average molecular weight is 257 g/mol. The molecule has 0 radical (unpaired) electrons. The number of hydrogen-bond donors (Lipinski definition) is 1. The van der Waals surface area contributed by atoms with Crippen LogP contribution in [-0.2, 0) is 0 Å². The Kier molecular flexibility index (Phi) is 4.55. The van der Waals surface area contributed by atoms with Gasteiger partial charge in [-0.05, 0) is 43.2 Å². The first-order valence-electron chi connectivity index (χ1n) is 8.20. The van der Waals surface area contributed by atoms with Crippen LogP contribution in [0.5, 0.6) is 0 Å². The minimum Gasteiger partial charge on any atom is -0.314 e. The van der Waals surface area contributed by atoms with E-state index in [1.54, 1.807) is 0 Å². The van der Waals surface area contributed by atoms with E-state index in [0.29, 0.717) is 0 Å². The van der Waals surface area contributed by atoms with Gasteiger partial charge in [-0.3, -0.25) is 0 Å². The van der Waals surface area contributed by atoms with Crippen LogP contribution in [-0.4, -0.2) is 12.6 Å². The summed E-state index contributed by atoms with van der Waals surface area (Å²) in [6, 6.07) is 11.8. The maximum atomic E-state index is 3.77. The molecular weight excluding hydrogens is 230 g/mol. The van der Waals surface area contributed by atoms with E-state index in [2.05, 4.69) is 35.6 Å². The molecule has 2 aliphatic carbocycles. The predicted octanol–water partition coefficient (Wildman–Crippen LogP) is 4.49. The van der Waals surface area contributed by atoms with Crippen molar-refractivity contribution in [2.45, 2.75) is 63.3 Å². The summed E-state index contributed by atoms with van der Waals surface area (Å²) in [6.07, 6.45) is 11.5. The Hall–Kier alpha value is -0.820. The topological polar surface area (TPSA) is 12.0 Å². The first kappa shape index (κ1) is 13.2. The van der Waals surface area contributed by atoms with E-state index in [4.69, 9.17) is 0 Å². The first-order chi connectivity index (χ1) is 9.42. The Labute approximate surface area is 117 Å². The molecule has 0 aromatic heterocycles. The Balaban J connectivity index is 1.31. The molecular formula is C18H27N. The largest absolute Gasteiger partial charge is 0.314 e. The molecule has 1 nitrogen and oxygen atoms in total. The molecule has 0 spiro atoms. The van der Waals surface area contributed by atoms with Crippen LogP contribution < -0.4 is 5.32 Å². The molecule has 3 rings (SSSR count).